The molecule has 0 heterocycles. The first-order valence-electron chi connectivity index (χ1n) is 7.36. The summed E-state index contributed by atoms with van der Waals surface area (Å²) in [5.41, 5.74) is 1.65. The van der Waals surface area contributed by atoms with Crippen LogP contribution in [-0.4, -0.2) is 20.9 Å². The summed E-state index contributed by atoms with van der Waals surface area (Å²) in [5, 5.41) is 8.10. The fourth-order valence-corrected chi connectivity index (χ4v) is 3.51. The van der Waals surface area contributed by atoms with E-state index in [0.29, 0.717) is 23.6 Å². The van der Waals surface area contributed by atoms with E-state index in [1.54, 1.807) is 19.9 Å². The largest absolute Gasteiger partial charge is 0.352 e. The van der Waals surface area contributed by atoms with Gasteiger partial charge in [-0.05, 0) is 62.3 Å². The summed E-state index contributed by atoms with van der Waals surface area (Å²) in [6.45, 7) is 4.05. The van der Waals surface area contributed by atoms with E-state index < -0.39 is 10.0 Å². The molecule has 1 unspecified atom stereocenters. The first-order chi connectivity index (χ1) is 10.3. The molecular weight excluding hydrogens is 300 g/mol. The van der Waals surface area contributed by atoms with E-state index >= 15 is 0 Å². The number of rotatable bonds is 4. The van der Waals surface area contributed by atoms with Gasteiger partial charge in [0.25, 0.3) is 5.91 Å². The Bertz CT molecular complexity index is 708. The number of carbonyl (C=O) groups excluding carboxylic acids is 1. The number of primary sulfonamides is 1. The van der Waals surface area contributed by atoms with Crippen LogP contribution in [0.3, 0.4) is 0 Å². The zero-order valence-electron chi connectivity index (χ0n) is 12.9. The van der Waals surface area contributed by atoms with Gasteiger partial charge in [0, 0.05) is 12.1 Å². The van der Waals surface area contributed by atoms with Crippen LogP contribution < -0.4 is 10.5 Å². The zero-order valence-corrected chi connectivity index (χ0v) is 13.7. The maximum atomic E-state index is 12.3. The molecule has 1 aromatic rings. The third kappa shape index (κ3) is 3.96. The molecule has 0 bridgehead atoms. The van der Waals surface area contributed by atoms with Crippen molar-refractivity contribution in [3.63, 3.8) is 0 Å². The van der Waals surface area contributed by atoms with Gasteiger partial charge in [0.05, 0.1) is 4.90 Å². The van der Waals surface area contributed by atoms with Gasteiger partial charge in [0.15, 0.2) is 0 Å². The van der Waals surface area contributed by atoms with E-state index in [-0.39, 0.29) is 10.8 Å². The van der Waals surface area contributed by atoms with Crippen molar-refractivity contribution in [3.8, 4) is 0 Å². The maximum absolute atomic E-state index is 12.3. The molecule has 6 heteroatoms. The Kier molecular flexibility index (Phi) is 5.03. The highest BCUT2D eigenvalue weighted by atomic mass is 32.2. The average molecular weight is 322 g/mol. The van der Waals surface area contributed by atoms with Crippen molar-refractivity contribution in [3.05, 3.63) is 41.0 Å². The zero-order chi connectivity index (χ0) is 16.3. The number of amides is 1. The van der Waals surface area contributed by atoms with Crippen LogP contribution in [0.25, 0.3) is 0 Å². The van der Waals surface area contributed by atoms with Crippen molar-refractivity contribution >= 4 is 15.9 Å². The van der Waals surface area contributed by atoms with Crippen molar-refractivity contribution < 1.29 is 13.2 Å². The first kappa shape index (κ1) is 16.7. The van der Waals surface area contributed by atoms with Gasteiger partial charge in [-0.25, -0.2) is 13.6 Å². The molecule has 1 aliphatic rings. The molecule has 5 nitrogen and oxygen atoms in total. The lowest BCUT2D eigenvalue weighted by molar-refractivity contribution is 0.0946. The highest BCUT2D eigenvalue weighted by Crippen LogP contribution is 2.21. The monoisotopic (exact) mass is 322 g/mol. The summed E-state index contributed by atoms with van der Waals surface area (Å²) in [4.78, 5) is 12.3. The standard InChI is InChI=1S/C16H22N2O3S/c1-11-8-14(9-15(12(11)2)22(17,20)21)16(19)18-10-13-6-4-3-5-7-13/h3-4,8-9,13H,5-7,10H2,1-2H3,(H,18,19)(H2,17,20,21). The molecular formula is C16H22N2O3S. The molecule has 2 rings (SSSR count). The fourth-order valence-electron chi connectivity index (χ4n) is 2.63. The molecule has 22 heavy (non-hydrogen) atoms. The molecule has 1 aromatic carbocycles. The van der Waals surface area contributed by atoms with Crippen LogP contribution in [0, 0.1) is 19.8 Å². The summed E-state index contributed by atoms with van der Waals surface area (Å²) >= 11 is 0. The minimum Gasteiger partial charge on any atom is -0.352 e. The van der Waals surface area contributed by atoms with E-state index in [4.69, 9.17) is 5.14 Å². The fraction of sp³-hybridized carbons (Fsp3) is 0.438. The van der Waals surface area contributed by atoms with Gasteiger partial charge in [-0.3, -0.25) is 4.79 Å². The Morgan fingerprint density at radius 3 is 2.64 bits per heavy atom. The van der Waals surface area contributed by atoms with Crippen molar-refractivity contribution in [2.75, 3.05) is 6.54 Å². The highest BCUT2D eigenvalue weighted by Gasteiger charge is 2.18. The second kappa shape index (κ2) is 6.62. The Hall–Kier alpha value is -1.66. The minimum absolute atomic E-state index is 0.0123. The summed E-state index contributed by atoms with van der Waals surface area (Å²) in [5.74, 6) is 0.181. The van der Waals surface area contributed by atoms with E-state index in [0.717, 1.165) is 24.8 Å². The third-order valence-corrected chi connectivity index (χ3v) is 5.15. The smallest absolute Gasteiger partial charge is 0.251 e. The Balaban J connectivity index is 2.16. The number of sulfonamides is 1. The normalized spacial score (nSPS) is 18.2. The van der Waals surface area contributed by atoms with Gasteiger partial charge in [0.1, 0.15) is 0 Å². The van der Waals surface area contributed by atoms with Gasteiger partial charge < -0.3 is 5.32 Å². The summed E-state index contributed by atoms with van der Waals surface area (Å²) in [6, 6.07) is 3.05. The van der Waals surface area contributed by atoms with Crippen LogP contribution in [0.1, 0.15) is 40.7 Å². The van der Waals surface area contributed by atoms with Crippen LogP contribution in [-0.2, 0) is 10.0 Å². The Morgan fingerprint density at radius 2 is 2.05 bits per heavy atom. The van der Waals surface area contributed by atoms with Crippen molar-refractivity contribution in [1.29, 1.82) is 0 Å². The Morgan fingerprint density at radius 1 is 1.32 bits per heavy atom. The first-order valence-corrected chi connectivity index (χ1v) is 8.91. The molecule has 0 saturated heterocycles. The predicted octanol–water partition coefficient (Wildman–Crippen LogP) is 2.04. The number of nitrogens with two attached hydrogens (primary N) is 1. The van der Waals surface area contributed by atoms with E-state index in [2.05, 4.69) is 17.5 Å². The molecule has 1 atom stereocenters. The van der Waals surface area contributed by atoms with Gasteiger partial charge >= 0.3 is 0 Å². The van der Waals surface area contributed by atoms with E-state index in [9.17, 15) is 13.2 Å². The van der Waals surface area contributed by atoms with Crippen molar-refractivity contribution in [2.45, 2.75) is 38.0 Å². The molecule has 1 amide bonds. The Labute approximate surface area is 131 Å². The van der Waals surface area contributed by atoms with E-state index in [1.165, 1.54) is 6.07 Å². The lowest BCUT2D eigenvalue weighted by atomic mass is 9.94. The predicted molar refractivity (Wildman–Crippen MR) is 86.1 cm³/mol. The van der Waals surface area contributed by atoms with Crippen LogP contribution in [0.4, 0.5) is 0 Å². The van der Waals surface area contributed by atoms with E-state index in [1.807, 2.05) is 0 Å². The van der Waals surface area contributed by atoms with Crippen molar-refractivity contribution in [1.82, 2.24) is 5.32 Å². The van der Waals surface area contributed by atoms with Gasteiger partial charge in [0.2, 0.25) is 10.0 Å². The number of carbonyl (C=O) groups is 1. The average Bonchev–Trinajstić information content (AvgIpc) is 2.47. The maximum Gasteiger partial charge on any atom is 0.251 e. The molecule has 0 spiro atoms. The molecule has 3 N–H and O–H groups in total. The van der Waals surface area contributed by atoms with Crippen LogP contribution in [0.15, 0.2) is 29.2 Å². The quantitative estimate of drug-likeness (QED) is 0.831. The van der Waals surface area contributed by atoms with Gasteiger partial charge in [-0.15, -0.1) is 0 Å². The molecule has 1 aliphatic carbocycles. The van der Waals surface area contributed by atoms with Crippen LogP contribution in [0.2, 0.25) is 0 Å². The molecule has 0 radical (unpaired) electrons. The summed E-state index contributed by atoms with van der Waals surface area (Å²) in [7, 11) is -3.84. The number of aryl methyl sites for hydroxylation is 1. The number of nitrogens with one attached hydrogen (secondary N) is 1. The number of allylic oxidation sites excluding steroid dienone is 2. The third-order valence-electron chi connectivity index (χ3n) is 4.12. The van der Waals surface area contributed by atoms with Crippen molar-refractivity contribution in [2.24, 2.45) is 11.1 Å². The number of hydrogen-bond donors (Lipinski definition) is 2. The molecule has 0 aliphatic heterocycles. The molecule has 0 aromatic heterocycles. The van der Waals surface area contributed by atoms with Crippen LogP contribution in [0.5, 0.6) is 0 Å². The molecule has 0 fully saturated rings. The second-order valence-corrected chi connectivity index (χ2v) is 7.35. The summed E-state index contributed by atoms with van der Waals surface area (Å²) < 4.78 is 23.2. The lowest BCUT2D eigenvalue weighted by Gasteiger charge is -2.18. The SMILES string of the molecule is Cc1cc(C(=O)NCC2CC=CCC2)cc(S(N)(=O)=O)c1C. The van der Waals surface area contributed by atoms with Gasteiger partial charge in [-0.1, -0.05) is 12.2 Å². The summed E-state index contributed by atoms with van der Waals surface area (Å²) in [6.07, 6.45) is 7.36. The number of hydrogen-bond acceptors (Lipinski definition) is 3. The van der Waals surface area contributed by atoms with Gasteiger partial charge in [-0.2, -0.15) is 0 Å². The molecule has 0 saturated carbocycles. The highest BCUT2D eigenvalue weighted by molar-refractivity contribution is 7.89. The second-order valence-electron chi connectivity index (χ2n) is 5.82. The minimum atomic E-state index is -3.84. The van der Waals surface area contributed by atoms with Crippen LogP contribution >= 0.6 is 0 Å². The number of benzene rings is 1. The lowest BCUT2D eigenvalue weighted by Crippen LogP contribution is -2.30. The molecule has 120 valence electrons. The topological polar surface area (TPSA) is 89.3 Å².